The van der Waals surface area contributed by atoms with Crippen LogP contribution in [0.3, 0.4) is 0 Å². The lowest BCUT2D eigenvalue weighted by atomic mass is 10.0. The first-order valence-electron chi connectivity index (χ1n) is 11.8. The van der Waals surface area contributed by atoms with E-state index in [1.807, 2.05) is 85.7 Å². The summed E-state index contributed by atoms with van der Waals surface area (Å²) in [4.78, 5) is 28.1. The molecular weight excluding hydrogens is 486 g/mol. The molecule has 0 radical (unpaired) electrons. The molecule has 37 heavy (non-hydrogen) atoms. The summed E-state index contributed by atoms with van der Waals surface area (Å²) in [6.45, 7) is 0. The van der Waals surface area contributed by atoms with Gasteiger partial charge in [-0.1, -0.05) is 53.8 Å². The summed E-state index contributed by atoms with van der Waals surface area (Å²) in [7, 11) is 5.56. The zero-order valence-corrected chi connectivity index (χ0v) is 21.8. The lowest BCUT2D eigenvalue weighted by Crippen LogP contribution is -2.45. The molecule has 0 aliphatic carbocycles. The van der Waals surface area contributed by atoms with Gasteiger partial charge in [-0.3, -0.25) is 14.9 Å². The molecule has 1 unspecified atom stereocenters. The highest BCUT2D eigenvalue weighted by molar-refractivity contribution is 7.18. The number of rotatable bonds is 10. The molecule has 1 heterocycles. The number of carbonyl (C=O) groups is 2. The molecule has 0 aliphatic heterocycles. The molecular formula is C28H29N5O3S. The number of carbonyl (C=O) groups excluding carboxylic acids is 2. The SMILES string of the molecule is COc1ccc(CC(=O)NC(Cc2ccccc2)C(=O)Nc2nnc(-c3ccc(N(C)C)cc3)s2)cc1. The number of benzene rings is 3. The highest BCUT2D eigenvalue weighted by Crippen LogP contribution is 2.28. The highest BCUT2D eigenvalue weighted by atomic mass is 32.1. The smallest absolute Gasteiger partial charge is 0.249 e. The van der Waals surface area contributed by atoms with E-state index in [0.29, 0.717) is 16.6 Å². The maximum atomic E-state index is 13.2. The number of hydrogen-bond donors (Lipinski definition) is 2. The van der Waals surface area contributed by atoms with Gasteiger partial charge in [0.25, 0.3) is 0 Å². The summed E-state index contributed by atoms with van der Waals surface area (Å²) in [5.41, 5.74) is 3.76. The van der Waals surface area contributed by atoms with Gasteiger partial charge in [-0.2, -0.15) is 0 Å². The quantitative estimate of drug-likeness (QED) is 0.329. The van der Waals surface area contributed by atoms with Crippen molar-refractivity contribution in [1.29, 1.82) is 0 Å². The normalized spacial score (nSPS) is 11.4. The third kappa shape index (κ3) is 7.14. The summed E-state index contributed by atoms with van der Waals surface area (Å²) in [6.07, 6.45) is 0.493. The van der Waals surface area contributed by atoms with E-state index in [1.165, 1.54) is 11.3 Å². The summed E-state index contributed by atoms with van der Waals surface area (Å²) >= 11 is 1.28. The fourth-order valence-electron chi connectivity index (χ4n) is 3.72. The van der Waals surface area contributed by atoms with Crippen molar-refractivity contribution in [2.24, 2.45) is 0 Å². The van der Waals surface area contributed by atoms with Crippen LogP contribution in [0.5, 0.6) is 5.75 Å². The van der Waals surface area contributed by atoms with Gasteiger partial charge in [-0.25, -0.2) is 0 Å². The van der Waals surface area contributed by atoms with Crippen LogP contribution in [-0.4, -0.2) is 49.3 Å². The molecule has 0 bridgehead atoms. The van der Waals surface area contributed by atoms with Gasteiger partial charge in [0.15, 0.2) is 0 Å². The summed E-state index contributed by atoms with van der Waals surface area (Å²) in [5.74, 6) is 0.119. The van der Waals surface area contributed by atoms with Gasteiger partial charge in [0.05, 0.1) is 13.5 Å². The highest BCUT2D eigenvalue weighted by Gasteiger charge is 2.23. The van der Waals surface area contributed by atoms with Gasteiger partial charge < -0.3 is 15.0 Å². The summed E-state index contributed by atoms with van der Waals surface area (Å²) < 4.78 is 5.17. The lowest BCUT2D eigenvalue weighted by Gasteiger charge is -2.18. The molecule has 2 N–H and O–H groups in total. The fourth-order valence-corrected chi connectivity index (χ4v) is 4.47. The van der Waals surface area contributed by atoms with Gasteiger partial charge in [-0.15, -0.1) is 10.2 Å². The first-order chi connectivity index (χ1) is 17.9. The Morgan fingerprint density at radius 2 is 1.62 bits per heavy atom. The average Bonchev–Trinajstić information content (AvgIpc) is 3.38. The Kier molecular flexibility index (Phi) is 8.48. The van der Waals surface area contributed by atoms with Gasteiger partial charge >= 0.3 is 0 Å². The molecule has 8 nitrogen and oxygen atoms in total. The molecule has 3 aromatic carbocycles. The second kappa shape index (κ2) is 12.1. The summed E-state index contributed by atoms with van der Waals surface area (Å²) in [6, 6.07) is 24.0. The minimum absolute atomic E-state index is 0.147. The van der Waals surface area contributed by atoms with E-state index in [-0.39, 0.29) is 18.2 Å². The monoisotopic (exact) mass is 515 g/mol. The number of anilines is 2. The first kappa shape index (κ1) is 25.8. The van der Waals surface area contributed by atoms with Crippen molar-refractivity contribution in [2.45, 2.75) is 18.9 Å². The van der Waals surface area contributed by atoms with E-state index in [2.05, 4.69) is 20.8 Å². The number of nitrogens with one attached hydrogen (secondary N) is 2. The Morgan fingerprint density at radius 1 is 0.919 bits per heavy atom. The van der Waals surface area contributed by atoms with Crippen LogP contribution in [0.2, 0.25) is 0 Å². The van der Waals surface area contributed by atoms with Gasteiger partial charge in [0, 0.05) is 31.8 Å². The molecule has 0 aliphatic rings. The van der Waals surface area contributed by atoms with Crippen LogP contribution in [0.25, 0.3) is 10.6 Å². The molecule has 1 aromatic heterocycles. The van der Waals surface area contributed by atoms with Crippen molar-refractivity contribution in [1.82, 2.24) is 15.5 Å². The second-order valence-corrected chi connectivity index (χ2v) is 9.66. The van der Waals surface area contributed by atoms with E-state index in [9.17, 15) is 9.59 Å². The maximum absolute atomic E-state index is 13.2. The molecule has 0 spiro atoms. The van der Waals surface area contributed by atoms with E-state index < -0.39 is 6.04 Å². The minimum atomic E-state index is -0.778. The van der Waals surface area contributed by atoms with Crippen molar-refractivity contribution >= 4 is 34.0 Å². The number of nitrogens with zero attached hydrogens (tertiary/aromatic N) is 3. The Morgan fingerprint density at radius 3 is 2.27 bits per heavy atom. The van der Waals surface area contributed by atoms with Crippen molar-refractivity contribution in [3.8, 4) is 16.3 Å². The third-order valence-electron chi connectivity index (χ3n) is 5.74. The van der Waals surface area contributed by atoms with E-state index in [0.717, 1.165) is 28.1 Å². The van der Waals surface area contributed by atoms with Crippen molar-refractivity contribution < 1.29 is 14.3 Å². The molecule has 190 valence electrons. The Bertz CT molecular complexity index is 1320. The Hall–Kier alpha value is -4.24. The van der Waals surface area contributed by atoms with Gasteiger partial charge in [0.2, 0.25) is 16.9 Å². The molecule has 0 saturated heterocycles. The van der Waals surface area contributed by atoms with Crippen molar-refractivity contribution in [3.05, 3.63) is 90.0 Å². The average molecular weight is 516 g/mol. The molecule has 4 rings (SSSR count). The van der Waals surface area contributed by atoms with Crippen molar-refractivity contribution in [3.63, 3.8) is 0 Å². The van der Waals surface area contributed by atoms with Crippen LogP contribution < -0.4 is 20.3 Å². The molecule has 0 saturated carbocycles. The van der Waals surface area contributed by atoms with Gasteiger partial charge in [0.1, 0.15) is 16.8 Å². The van der Waals surface area contributed by atoms with Crippen LogP contribution in [0.4, 0.5) is 10.8 Å². The number of aromatic nitrogens is 2. The van der Waals surface area contributed by atoms with Crippen LogP contribution >= 0.6 is 11.3 Å². The molecule has 0 fully saturated rings. The number of ether oxygens (including phenoxy) is 1. The van der Waals surface area contributed by atoms with E-state index >= 15 is 0 Å². The predicted molar refractivity (Wildman–Crippen MR) is 147 cm³/mol. The standard InChI is InChI=1S/C28H29N5O3S/c1-33(2)22-13-11-21(12-14-22)27-31-32-28(37-27)30-26(35)24(17-19-7-5-4-6-8-19)29-25(34)18-20-9-15-23(36-3)16-10-20/h4-16,24H,17-18H2,1-3H3,(H,29,34)(H,30,32,35). The second-order valence-electron chi connectivity index (χ2n) is 8.68. The number of amides is 2. The number of hydrogen-bond acceptors (Lipinski definition) is 7. The lowest BCUT2D eigenvalue weighted by molar-refractivity contribution is -0.126. The van der Waals surface area contributed by atoms with Gasteiger partial charge in [-0.05, 0) is 47.5 Å². The minimum Gasteiger partial charge on any atom is -0.497 e. The van der Waals surface area contributed by atoms with E-state index in [1.54, 1.807) is 19.2 Å². The molecule has 9 heteroatoms. The maximum Gasteiger partial charge on any atom is 0.249 e. The van der Waals surface area contributed by atoms with E-state index in [4.69, 9.17) is 4.74 Å². The molecule has 1 atom stereocenters. The zero-order chi connectivity index (χ0) is 26.2. The molecule has 4 aromatic rings. The first-order valence-corrected chi connectivity index (χ1v) is 12.6. The third-order valence-corrected chi connectivity index (χ3v) is 6.63. The predicted octanol–water partition coefficient (Wildman–Crippen LogP) is 4.19. The molecule has 2 amide bonds. The van der Waals surface area contributed by atoms with Crippen molar-refractivity contribution in [2.75, 3.05) is 31.4 Å². The fraction of sp³-hybridized carbons (Fsp3) is 0.214. The van der Waals surface area contributed by atoms with Crippen LogP contribution in [0, 0.1) is 0 Å². The summed E-state index contributed by atoms with van der Waals surface area (Å²) in [5, 5.41) is 15.2. The Balaban J connectivity index is 1.45. The zero-order valence-electron chi connectivity index (χ0n) is 21.0. The number of methoxy groups -OCH3 is 1. The Labute approximate surface area is 220 Å². The van der Waals surface area contributed by atoms with Crippen LogP contribution in [0.1, 0.15) is 11.1 Å². The largest absolute Gasteiger partial charge is 0.497 e. The van der Waals surface area contributed by atoms with Crippen LogP contribution in [0.15, 0.2) is 78.9 Å². The van der Waals surface area contributed by atoms with Crippen LogP contribution in [-0.2, 0) is 22.4 Å². The topological polar surface area (TPSA) is 96.4 Å².